The van der Waals surface area contributed by atoms with Crippen molar-refractivity contribution in [1.82, 2.24) is 9.97 Å². The van der Waals surface area contributed by atoms with Crippen LogP contribution in [0.5, 0.6) is 0 Å². The second-order valence-corrected chi connectivity index (χ2v) is 11.7. The Morgan fingerprint density at radius 3 is 1.57 bits per heavy atom. The number of rotatable bonds is 4. The van der Waals surface area contributed by atoms with Gasteiger partial charge in [-0.25, -0.2) is 4.98 Å². The lowest BCUT2D eigenvalue weighted by molar-refractivity contribution is 1.36. The maximum absolute atomic E-state index is 5.14. The summed E-state index contributed by atoms with van der Waals surface area (Å²) in [7, 11) is 0. The fourth-order valence-corrected chi connectivity index (χ4v) is 7.04. The third-order valence-electron chi connectivity index (χ3n) is 9.08. The number of hydrogen-bond donors (Lipinski definition) is 0. The first kappa shape index (κ1) is 26.3. The van der Waals surface area contributed by atoms with E-state index < -0.39 is 0 Å². The van der Waals surface area contributed by atoms with Gasteiger partial charge in [0.15, 0.2) is 0 Å². The number of hydrogen-bond acceptors (Lipinski definition) is 2. The molecule has 9 aromatic rings. The molecule has 0 spiro atoms. The van der Waals surface area contributed by atoms with Crippen LogP contribution in [0.4, 0.5) is 0 Å². The minimum absolute atomic E-state index is 0.904. The molecule has 0 saturated heterocycles. The molecule has 0 aliphatic carbocycles. The standard InChI is InChI=1S/C44H28N2/c1-3-12-30(13-4-1)41-35-18-9-10-19-36(35)42(31-14-5-2-6-15-31)40-28-29(22-25-37(40)41)21-23-32-24-26-39-34-17-8-7-16-33(34)38-20-11-27-45-43(38)44(39)46-32/h1-28H. The van der Waals surface area contributed by atoms with E-state index in [4.69, 9.17) is 9.97 Å². The van der Waals surface area contributed by atoms with E-state index in [1.54, 1.807) is 0 Å². The van der Waals surface area contributed by atoms with Gasteiger partial charge in [0, 0.05) is 17.0 Å². The van der Waals surface area contributed by atoms with Gasteiger partial charge in [-0.1, -0.05) is 133 Å². The molecule has 214 valence electrons. The molecule has 0 unspecified atom stereocenters. The van der Waals surface area contributed by atoms with Crippen LogP contribution in [0.25, 0.3) is 88.5 Å². The largest absolute Gasteiger partial charge is 0.254 e. The average Bonchev–Trinajstić information content (AvgIpc) is 3.13. The predicted octanol–water partition coefficient (Wildman–Crippen LogP) is 11.7. The molecule has 2 nitrogen and oxygen atoms in total. The van der Waals surface area contributed by atoms with E-state index in [1.807, 2.05) is 12.3 Å². The number of aromatic nitrogens is 2. The van der Waals surface area contributed by atoms with Gasteiger partial charge in [-0.15, -0.1) is 0 Å². The van der Waals surface area contributed by atoms with E-state index in [2.05, 4.69) is 158 Å². The molecule has 0 aliphatic heterocycles. The molecule has 2 heterocycles. The average molecular weight is 585 g/mol. The molecule has 0 radical (unpaired) electrons. The number of benzene rings is 7. The van der Waals surface area contributed by atoms with Gasteiger partial charge in [-0.2, -0.15) is 0 Å². The topological polar surface area (TPSA) is 25.8 Å². The van der Waals surface area contributed by atoms with E-state index in [-0.39, 0.29) is 0 Å². The zero-order valence-electron chi connectivity index (χ0n) is 25.1. The maximum Gasteiger partial charge on any atom is 0.0978 e. The summed E-state index contributed by atoms with van der Waals surface area (Å²) >= 11 is 0. The molecule has 2 heteroatoms. The molecule has 0 N–H and O–H groups in total. The van der Waals surface area contributed by atoms with Crippen molar-refractivity contribution in [1.29, 1.82) is 0 Å². The van der Waals surface area contributed by atoms with Crippen LogP contribution in [-0.2, 0) is 0 Å². The second-order valence-electron chi connectivity index (χ2n) is 11.7. The summed E-state index contributed by atoms with van der Waals surface area (Å²) in [5.74, 6) is 0. The Bertz CT molecular complexity index is 2580. The Labute approximate surface area is 266 Å². The van der Waals surface area contributed by atoms with Crippen molar-refractivity contribution >= 4 is 66.3 Å². The smallest absolute Gasteiger partial charge is 0.0978 e. The lowest BCUT2D eigenvalue weighted by Crippen LogP contribution is -1.91. The van der Waals surface area contributed by atoms with Crippen molar-refractivity contribution in [3.8, 4) is 22.3 Å². The van der Waals surface area contributed by atoms with Crippen LogP contribution < -0.4 is 0 Å². The van der Waals surface area contributed by atoms with Crippen LogP contribution in [0.15, 0.2) is 158 Å². The summed E-state index contributed by atoms with van der Waals surface area (Å²) in [5.41, 5.74) is 8.86. The third kappa shape index (κ3) is 4.27. The van der Waals surface area contributed by atoms with Gasteiger partial charge >= 0.3 is 0 Å². The summed E-state index contributed by atoms with van der Waals surface area (Å²) in [6.07, 6.45) is 6.15. The van der Waals surface area contributed by atoms with E-state index in [0.29, 0.717) is 0 Å². The molecule has 46 heavy (non-hydrogen) atoms. The molecule has 0 aliphatic rings. The zero-order valence-corrected chi connectivity index (χ0v) is 25.1. The molecule has 7 aromatic carbocycles. The van der Waals surface area contributed by atoms with Crippen LogP contribution in [-0.4, -0.2) is 9.97 Å². The summed E-state index contributed by atoms with van der Waals surface area (Å²) in [5, 5.41) is 9.65. The fourth-order valence-electron chi connectivity index (χ4n) is 7.04. The highest BCUT2D eigenvalue weighted by atomic mass is 14.7. The number of fused-ring (bicyclic) bond motifs is 8. The molecule has 0 fully saturated rings. The Morgan fingerprint density at radius 1 is 0.370 bits per heavy atom. The van der Waals surface area contributed by atoms with Crippen molar-refractivity contribution < 1.29 is 0 Å². The lowest BCUT2D eigenvalue weighted by Gasteiger charge is -2.18. The Kier molecular flexibility index (Phi) is 6.17. The van der Waals surface area contributed by atoms with Crippen molar-refractivity contribution in [3.63, 3.8) is 0 Å². The van der Waals surface area contributed by atoms with E-state index >= 15 is 0 Å². The monoisotopic (exact) mass is 584 g/mol. The molecular weight excluding hydrogens is 556 g/mol. The van der Waals surface area contributed by atoms with Gasteiger partial charge in [0.05, 0.1) is 16.7 Å². The van der Waals surface area contributed by atoms with Gasteiger partial charge in [-0.05, 0) is 90.5 Å². The molecule has 9 rings (SSSR count). The van der Waals surface area contributed by atoms with Crippen LogP contribution in [0, 0.1) is 0 Å². The van der Waals surface area contributed by atoms with Gasteiger partial charge in [0.2, 0.25) is 0 Å². The summed E-state index contributed by atoms with van der Waals surface area (Å²) < 4.78 is 0. The molecule has 0 bridgehead atoms. The molecule has 0 saturated carbocycles. The van der Waals surface area contributed by atoms with Crippen LogP contribution in [0.3, 0.4) is 0 Å². The summed E-state index contributed by atoms with van der Waals surface area (Å²) in [6.45, 7) is 0. The van der Waals surface area contributed by atoms with Crippen molar-refractivity contribution in [3.05, 3.63) is 169 Å². The van der Waals surface area contributed by atoms with Crippen LogP contribution >= 0.6 is 0 Å². The fraction of sp³-hybridized carbons (Fsp3) is 0. The van der Waals surface area contributed by atoms with Crippen LogP contribution in [0.2, 0.25) is 0 Å². The van der Waals surface area contributed by atoms with Gasteiger partial charge < -0.3 is 0 Å². The van der Waals surface area contributed by atoms with Crippen molar-refractivity contribution in [2.24, 2.45) is 0 Å². The quantitative estimate of drug-likeness (QED) is 0.152. The number of nitrogens with zero attached hydrogens (tertiary/aromatic N) is 2. The maximum atomic E-state index is 5.14. The lowest BCUT2D eigenvalue weighted by atomic mass is 9.85. The minimum atomic E-state index is 0.904. The normalized spacial score (nSPS) is 11.8. The Morgan fingerprint density at radius 2 is 0.891 bits per heavy atom. The molecule has 0 atom stereocenters. The van der Waals surface area contributed by atoms with E-state index in [1.165, 1.54) is 54.6 Å². The molecule has 0 amide bonds. The first-order valence-electron chi connectivity index (χ1n) is 15.7. The Balaban J connectivity index is 1.24. The minimum Gasteiger partial charge on any atom is -0.254 e. The highest BCUT2D eigenvalue weighted by Crippen LogP contribution is 2.44. The predicted molar refractivity (Wildman–Crippen MR) is 196 cm³/mol. The third-order valence-corrected chi connectivity index (χ3v) is 9.08. The summed E-state index contributed by atoms with van der Waals surface area (Å²) in [6, 6.07) is 54.1. The van der Waals surface area contributed by atoms with Crippen molar-refractivity contribution in [2.75, 3.05) is 0 Å². The number of pyridine rings is 2. The second kappa shape index (κ2) is 10.8. The molecule has 2 aromatic heterocycles. The Hall–Kier alpha value is -6.12. The van der Waals surface area contributed by atoms with Crippen molar-refractivity contribution in [2.45, 2.75) is 0 Å². The van der Waals surface area contributed by atoms with Crippen LogP contribution in [0.1, 0.15) is 11.3 Å². The molecular formula is C44H28N2. The van der Waals surface area contributed by atoms with E-state index in [0.717, 1.165) is 33.1 Å². The summed E-state index contributed by atoms with van der Waals surface area (Å²) in [4.78, 5) is 9.90. The highest BCUT2D eigenvalue weighted by Gasteiger charge is 2.17. The highest BCUT2D eigenvalue weighted by molar-refractivity contribution is 6.23. The van der Waals surface area contributed by atoms with Gasteiger partial charge in [0.1, 0.15) is 0 Å². The first-order chi connectivity index (χ1) is 22.8. The SMILES string of the molecule is C(=Cc1ccc2c3ccccc3c3cccnc3c2n1)c1ccc2c(-c3ccccc3)c3ccccc3c(-c3ccccc3)c2c1. The zero-order chi connectivity index (χ0) is 30.5. The van der Waals surface area contributed by atoms with E-state index in [9.17, 15) is 0 Å². The van der Waals surface area contributed by atoms with Gasteiger partial charge in [0.25, 0.3) is 0 Å². The first-order valence-corrected chi connectivity index (χ1v) is 15.7. The van der Waals surface area contributed by atoms with Gasteiger partial charge in [-0.3, -0.25) is 4.98 Å².